The highest BCUT2D eigenvalue weighted by Gasteiger charge is 2.25. The van der Waals surface area contributed by atoms with Gasteiger partial charge in [-0.2, -0.15) is 0 Å². The van der Waals surface area contributed by atoms with Gasteiger partial charge in [0.1, 0.15) is 0 Å². The number of nitrogens with one attached hydrogen (secondary N) is 2. The van der Waals surface area contributed by atoms with Gasteiger partial charge < -0.3 is 15.7 Å². The Hall–Kier alpha value is -2.31. The SMILES string of the molecule is O=C(CSCC(O)c1ccccc1)Nc1ccccc1C(=O)NC1CC1. The molecule has 1 saturated carbocycles. The molecule has 0 aliphatic heterocycles. The van der Waals surface area contributed by atoms with Crippen molar-refractivity contribution in [2.75, 3.05) is 16.8 Å². The number of aliphatic hydroxyl groups excluding tert-OH is 1. The standard InChI is InChI=1S/C20H22N2O3S/c23-18(14-6-2-1-3-7-14)12-26-13-19(24)22-17-9-5-4-8-16(17)20(25)21-15-10-11-15/h1-9,15,18,23H,10-13H2,(H,21,25)(H,22,24). The first-order valence-electron chi connectivity index (χ1n) is 8.64. The molecule has 1 fully saturated rings. The molecular formula is C20H22N2O3S. The van der Waals surface area contributed by atoms with E-state index in [2.05, 4.69) is 10.6 Å². The zero-order valence-corrected chi connectivity index (χ0v) is 15.2. The average molecular weight is 370 g/mol. The van der Waals surface area contributed by atoms with Gasteiger partial charge in [-0.05, 0) is 30.5 Å². The van der Waals surface area contributed by atoms with Crippen LogP contribution < -0.4 is 10.6 Å². The number of hydrogen-bond donors (Lipinski definition) is 3. The second-order valence-electron chi connectivity index (χ2n) is 6.28. The molecule has 0 saturated heterocycles. The Labute approximate surface area is 157 Å². The summed E-state index contributed by atoms with van der Waals surface area (Å²) in [6.07, 6.45) is 1.42. The van der Waals surface area contributed by atoms with Gasteiger partial charge in [-0.1, -0.05) is 42.5 Å². The highest BCUT2D eigenvalue weighted by molar-refractivity contribution is 8.00. The summed E-state index contributed by atoms with van der Waals surface area (Å²) in [5.74, 6) is 0.293. The van der Waals surface area contributed by atoms with Gasteiger partial charge in [-0.15, -0.1) is 11.8 Å². The second kappa shape index (κ2) is 8.87. The Bertz CT molecular complexity index is 763. The van der Waals surface area contributed by atoms with E-state index in [1.54, 1.807) is 24.3 Å². The summed E-state index contributed by atoms with van der Waals surface area (Å²) >= 11 is 1.36. The molecular weight excluding hydrogens is 348 g/mol. The van der Waals surface area contributed by atoms with Crippen molar-refractivity contribution in [1.82, 2.24) is 5.32 Å². The molecule has 3 N–H and O–H groups in total. The van der Waals surface area contributed by atoms with Gasteiger partial charge in [0.2, 0.25) is 5.91 Å². The topological polar surface area (TPSA) is 78.4 Å². The summed E-state index contributed by atoms with van der Waals surface area (Å²) in [6, 6.07) is 16.6. The lowest BCUT2D eigenvalue weighted by Crippen LogP contribution is -2.27. The van der Waals surface area contributed by atoms with Crippen molar-refractivity contribution < 1.29 is 14.7 Å². The van der Waals surface area contributed by atoms with Crippen LogP contribution in [0.5, 0.6) is 0 Å². The summed E-state index contributed by atoms with van der Waals surface area (Å²) in [4.78, 5) is 24.5. The minimum absolute atomic E-state index is 0.157. The fourth-order valence-electron chi connectivity index (χ4n) is 2.50. The van der Waals surface area contributed by atoms with Crippen molar-refractivity contribution in [1.29, 1.82) is 0 Å². The molecule has 2 aromatic carbocycles. The molecule has 26 heavy (non-hydrogen) atoms. The molecule has 3 rings (SSSR count). The van der Waals surface area contributed by atoms with E-state index in [1.807, 2.05) is 30.3 Å². The summed E-state index contributed by atoms with van der Waals surface area (Å²) in [6.45, 7) is 0. The zero-order valence-electron chi connectivity index (χ0n) is 14.4. The molecule has 6 heteroatoms. The molecule has 0 heterocycles. The third-order valence-corrected chi connectivity index (χ3v) is 5.07. The maximum absolute atomic E-state index is 12.3. The quantitative estimate of drug-likeness (QED) is 0.667. The number of carbonyl (C=O) groups excluding carboxylic acids is 2. The predicted octanol–water partition coefficient (Wildman–Crippen LogP) is 2.98. The van der Waals surface area contributed by atoms with Crippen molar-refractivity contribution in [3.05, 3.63) is 65.7 Å². The molecule has 2 aromatic rings. The molecule has 5 nitrogen and oxygen atoms in total. The monoisotopic (exact) mass is 370 g/mol. The summed E-state index contributed by atoms with van der Waals surface area (Å²) in [5, 5.41) is 15.9. The lowest BCUT2D eigenvalue weighted by atomic mass is 10.1. The van der Waals surface area contributed by atoms with Gasteiger partial charge >= 0.3 is 0 Å². The zero-order chi connectivity index (χ0) is 18.4. The first kappa shape index (κ1) is 18.5. The fraction of sp³-hybridized carbons (Fsp3) is 0.300. The van der Waals surface area contributed by atoms with E-state index < -0.39 is 6.10 Å². The Balaban J connectivity index is 1.49. The maximum Gasteiger partial charge on any atom is 0.253 e. The van der Waals surface area contributed by atoms with Crippen LogP contribution in [0.4, 0.5) is 5.69 Å². The number of hydrogen-bond acceptors (Lipinski definition) is 4. The minimum atomic E-state index is -0.606. The Morgan fingerprint density at radius 1 is 1.08 bits per heavy atom. The molecule has 0 radical (unpaired) electrons. The molecule has 1 unspecified atom stereocenters. The third-order valence-electron chi connectivity index (χ3n) is 4.05. The number of rotatable bonds is 8. The van der Waals surface area contributed by atoms with E-state index >= 15 is 0 Å². The number of thioether (sulfide) groups is 1. The maximum atomic E-state index is 12.3. The normalized spacial score (nSPS) is 14.5. The van der Waals surface area contributed by atoms with Gasteiger partial charge in [0, 0.05) is 11.8 Å². The van der Waals surface area contributed by atoms with Crippen molar-refractivity contribution in [3.8, 4) is 0 Å². The van der Waals surface area contributed by atoms with Gasteiger partial charge in [0.25, 0.3) is 5.91 Å². The number of carbonyl (C=O) groups is 2. The van der Waals surface area contributed by atoms with Crippen LogP contribution in [0, 0.1) is 0 Å². The van der Waals surface area contributed by atoms with Crippen LogP contribution in [-0.2, 0) is 4.79 Å². The van der Waals surface area contributed by atoms with Gasteiger partial charge in [-0.3, -0.25) is 9.59 Å². The summed E-state index contributed by atoms with van der Waals surface area (Å²) < 4.78 is 0. The summed E-state index contributed by atoms with van der Waals surface area (Å²) in [7, 11) is 0. The van der Waals surface area contributed by atoms with Gasteiger partial charge in [-0.25, -0.2) is 0 Å². The smallest absolute Gasteiger partial charge is 0.253 e. The number of aliphatic hydroxyl groups is 1. The minimum Gasteiger partial charge on any atom is -0.388 e. The molecule has 2 amide bonds. The Morgan fingerprint density at radius 2 is 1.77 bits per heavy atom. The lowest BCUT2D eigenvalue weighted by Gasteiger charge is -2.12. The highest BCUT2D eigenvalue weighted by Crippen LogP contribution is 2.22. The molecule has 1 aliphatic carbocycles. The molecule has 136 valence electrons. The van der Waals surface area contributed by atoms with E-state index in [0.717, 1.165) is 18.4 Å². The second-order valence-corrected chi connectivity index (χ2v) is 7.31. The average Bonchev–Trinajstić information content (AvgIpc) is 3.46. The third kappa shape index (κ3) is 5.34. The molecule has 1 aliphatic rings. The van der Waals surface area contributed by atoms with Crippen molar-refractivity contribution in [2.24, 2.45) is 0 Å². The van der Waals surface area contributed by atoms with Crippen LogP contribution >= 0.6 is 11.8 Å². The van der Waals surface area contributed by atoms with Crippen LogP contribution in [0.1, 0.15) is 34.9 Å². The van der Waals surface area contributed by atoms with E-state index in [1.165, 1.54) is 11.8 Å². The number of para-hydroxylation sites is 1. The van der Waals surface area contributed by atoms with E-state index in [-0.39, 0.29) is 23.6 Å². The van der Waals surface area contributed by atoms with Crippen LogP contribution in [0.2, 0.25) is 0 Å². The largest absolute Gasteiger partial charge is 0.388 e. The molecule has 0 aromatic heterocycles. The lowest BCUT2D eigenvalue weighted by molar-refractivity contribution is -0.113. The first-order chi connectivity index (χ1) is 12.6. The number of benzene rings is 2. The van der Waals surface area contributed by atoms with Gasteiger partial charge in [0.15, 0.2) is 0 Å². The Kier molecular flexibility index (Phi) is 6.30. The first-order valence-corrected chi connectivity index (χ1v) is 9.79. The number of amides is 2. The van der Waals surface area contributed by atoms with Crippen molar-refractivity contribution in [3.63, 3.8) is 0 Å². The summed E-state index contributed by atoms with van der Waals surface area (Å²) in [5.41, 5.74) is 1.82. The van der Waals surface area contributed by atoms with Crippen LogP contribution in [0.25, 0.3) is 0 Å². The van der Waals surface area contributed by atoms with Crippen LogP contribution in [0.15, 0.2) is 54.6 Å². The van der Waals surface area contributed by atoms with Crippen molar-refractivity contribution in [2.45, 2.75) is 25.0 Å². The van der Waals surface area contributed by atoms with Crippen LogP contribution in [0.3, 0.4) is 0 Å². The van der Waals surface area contributed by atoms with E-state index in [0.29, 0.717) is 17.0 Å². The molecule has 1 atom stereocenters. The number of anilines is 1. The Morgan fingerprint density at radius 3 is 2.50 bits per heavy atom. The van der Waals surface area contributed by atoms with E-state index in [9.17, 15) is 14.7 Å². The van der Waals surface area contributed by atoms with E-state index in [4.69, 9.17) is 0 Å². The predicted molar refractivity (Wildman–Crippen MR) is 104 cm³/mol. The highest BCUT2D eigenvalue weighted by atomic mass is 32.2. The molecule has 0 spiro atoms. The van der Waals surface area contributed by atoms with Crippen molar-refractivity contribution >= 4 is 29.3 Å². The fourth-order valence-corrected chi connectivity index (χ4v) is 3.29. The van der Waals surface area contributed by atoms with Crippen LogP contribution in [-0.4, -0.2) is 34.5 Å². The van der Waals surface area contributed by atoms with Gasteiger partial charge in [0.05, 0.1) is 23.1 Å². The molecule has 0 bridgehead atoms.